The Morgan fingerprint density at radius 2 is 2.17 bits per heavy atom. The van der Waals surface area contributed by atoms with Gasteiger partial charge in [-0.15, -0.1) is 0 Å². The normalized spacial score (nSPS) is 10.0. The maximum atomic E-state index is 13.2. The second kappa shape index (κ2) is 5.63. The average molecular weight is 276 g/mol. The second-order valence-electron chi connectivity index (χ2n) is 3.68. The van der Waals surface area contributed by atoms with Crippen LogP contribution in [0.3, 0.4) is 0 Å². The highest BCUT2D eigenvalue weighted by atomic mass is 35.5. The molecular weight excluding hydrogens is 265 g/mol. The Morgan fingerprint density at radius 3 is 2.67 bits per heavy atom. The van der Waals surface area contributed by atoms with Crippen LogP contribution >= 0.6 is 11.6 Å². The van der Waals surface area contributed by atoms with Crippen molar-refractivity contribution in [1.82, 2.24) is 4.90 Å². The van der Waals surface area contributed by atoms with Crippen LogP contribution in [-0.4, -0.2) is 36.4 Å². The van der Waals surface area contributed by atoms with Gasteiger partial charge in [-0.2, -0.15) is 0 Å². The first-order valence-electron chi connectivity index (χ1n) is 4.90. The van der Waals surface area contributed by atoms with Gasteiger partial charge in [0.1, 0.15) is 11.5 Å². The number of nitro benzene ring substituents is 1. The molecule has 0 spiro atoms. The van der Waals surface area contributed by atoms with Crippen LogP contribution in [0.15, 0.2) is 12.1 Å². The van der Waals surface area contributed by atoms with Crippen LogP contribution in [0.2, 0.25) is 5.02 Å². The molecule has 0 bridgehead atoms. The first-order valence-corrected chi connectivity index (χ1v) is 5.28. The van der Waals surface area contributed by atoms with Gasteiger partial charge in [0.15, 0.2) is 0 Å². The van der Waals surface area contributed by atoms with Crippen molar-refractivity contribution < 1.29 is 14.1 Å². The van der Waals surface area contributed by atoms with Gasteiger partial charge in [-0.3, -0.25) is 14.9 Å². The summed E-state index contributed by atoms with van der Waals surface area (Å²) < 4.78 is 13.2. The molecule has 1 rings (SSSR count). The van der Waals surface area contributed by atoms with Gasteiger partial charge in [0.2, 0.25) is 5.91 Å². The maximum absolute atomic E-state index is 13.2. The third-order valence-corrected chi connectivity index (χ3v) is 2.45. The lowest BCUT2D eigenvalue weighted by atomic mass is 10.2. The molecule has 0 aromatic heterocycles. The molecule has 8 heteroatoms. The fraction of sp³-hybridized carbons (Fsp3) is 0.300. The number of likely N-dealkylation sites (N-methyl/N-ethyl adjacent to an activating group) is 1. The lowest BCUT2D eigenvalue weighted by Crippen LogP contribution is -2.28. The highest BCUT2D eigenvalue weighted by Gasteiger charge is 2.18. The van der Waals surface area contributed by atoms with Crippen molar-refractivity contribution >= 4 is 28.9 Å². The summed E-state index contributed by atoms with van der Waals surface area (Å²) in [5.74, 6) is -1.08. The van der Waals surface area contributed by atoms with E-state index in [-0.39, 0.29) is 28.8 Å². The lowest BCUT2D eigenvalue weighted by Gasteiger charge is -2.12. The topological polar surface area (TPSA) is 75.5 Å². The molecule has 1 aromatic carbocycles. The summed E-state index contributed by atoms with van der Waals surface area (Å²) in [6, 6.07) is 1.79. The van der Waals surface area contributed by atoms with Gasteiger partial charge in [0, 0.05) is 26.2 Å². The number of halogens is 2. The molecular formula is C10H11ClFN3O3. The molecule has 1 aromatic rings. The summed E-state index contributed by atoms with van der Waals surface area (Å²) in [5, 5.41) is 12.9. The van der Waals surface area contributed by atoms with Crippen molar-refractivity contribution in [2.24, 2.45) is 0 Å². The molecule has 18 heavy (non-hydrogen) atoms. The molecule has 0 fully saturated rings. The van der Waals surface area contributed by atoms with Gasteiger partial charge in [0.05, 0.1) is 16.5 Å². The van der Waals surface area contributed by atoms with Crippen molar-refractivity contribution in [3.8, 4) is 0 Å². The summed E-state index contributed by atoms with van der Waals surface area (Å²) in [6.45, 7) is -0.172. The Kier molecular flexibility index (Phi) is 4.43. The smallest absolute Gasteiger partial charge is 0.294 e. The number of nitro groups is 1. The standard InChI is InChI=1S/C10H11ClFN3O3/c1-14(2)10(16)5-13-8-4-7(12)6(11)3-9(8)15(17)18/h3-4,13H,5H2,1-2H3. The van der Waals surface area contributed by atoms with Gasteiger partial charge in [-0.25, -0.2) is 4.39 Å². The number of rotatable bonds is 4. The number of carbonyl (C=O) groups is 1. The van der Waals surface area contributed by atoms with Crippen LogP contribution in [-0.2, 0) is 4.79 Å². The van der Waals surface area contributed by atoms with E-state index >= 15 is 0 Å². The van der Waals surface area contributed by atoms with Crippen LogP contribution in [0, 0.1) is 15.9 Å². The third kappa shape index (κ3) is 3.30. The van der Waals surface area contributed by atoms with E-state index in [4.69, 9.17) is 11.6 Å². The minimum absolute atomic E-state index is 0.0860. The van der Waals surface area contributed by atoms with Crippen molar-refractivity contribution in [3.05, 3.63) is 33.1 Å². The number of amides is 1. The van der Waals surface area contributed by atoms with Gasteiger partial charge >= 0.3 is 0 Å². The number of hydrogen-bond donors (Lipinski definition) is 1. The van der Waals surface area contributed by atoms with Crippen LogP contribution in [0.25, 0.3) is 0 Å². The van der Waals surface area contributed by atoms with E-state index in [0.29, 0.717) is 0 Å². The number of benzene rings is 1. The van der Waals surface area contributed by atoms with Crippen molar-refractivity contribution in [2.75, 3.05) is 26.0 Å². The molecule has 0 atom stereocenters. The van der Waals surface area contributed by atoms with E-state index < -0.39 is 10.7 Å². The van der Waals surface area contributed by atoms with Crippen LogP contribution < -0.4 is 5.32 Å². The first kappa shape index (κ1) is 14.2. The number of anilines is 1. The van der Waals surface area contributed by atoms with E-state index in [1.54, 1.807) is 14.1 Å². The zero-order chi connectivity index (χ0) is 13.9. The largest absolute Gasteiger partial charge is 0.370 e. The zero-order valence-electron chi connectivity index (χ0n) is 9.74. The number of nitrogens with zero attached hydrogens (tertiary/aromatic N) is 2. The minimum Gasteiger partial charge on any atom is -0.370 e. The highest BCUT2D eigenvalue weighted by molar-refractivity contribution is 6.31. The Bertz CT molecular complexity index is 494. The molecule has 0 aliphatic rings. The van der Waals surface area contributed by atoms with Crippen LogP contribution in [0.4, 0.5) is 15.8 Å². The van der Waals surface area contributed by atoms with E-state index in [0.717, 1.165) is 12.1 Å². The first-order chi connectivity index (χ1) is 8.32. The monoisotopic (exact) mass is 275 g/mol. The Labute approximate surface area is 107 Å². The van der Waals surface area contributed by atoms with Gasteiger partial charge in [-0.05, 0) is 0 Å². The Balaban J connectivity index is 2.97. The molecule has 6 nitrogen and oxygen atoms in total. The fourth-order valence-electron chi connectivity index (χ4n) is 1.16. The number of nitrogens with one attached hydrogen (secondary N) is 1. The summed E-state index contributed by atoms with van der Waals surface area (Å²) in [4.78, 5) is 22.7. The molecule has 0 aliphatic carbocycles. The molecule has 1 N–H and O–H groups in total. The van der Waals surface area contributed by atoms with E-state index in [2.05, 4.69) is 5.32 Å². The van der Waals surface area contributed by atoms with E-state index in [9.17, 15) is 19.3 Å². The van der Waals surface area contributed by atoms with Crippen molar-refractivity contribution in [1.29, 1.82) is 0 Å². The molecule has 0 aliphatic heterocycles. The van der Waals surface area contributed by atoms with Gasteiger partial charge in [0.25, 0.3) is 5.69 Å². The molecule has 0 radical (unpaired) electrons. The van der Waals surface area contributed by atoms with Gasteiger partial charge in [-0.1, -0.05) is 11.6 Å². The highest BCUT2D eigenvalue weighted by Crippen LogP contribution is 2.30. The molecule has 0 saturated carbocycles. The fourth-order valence-corrected chi connectivity index (χ4v) is 1.32. The summed E-state index contributed by atoms with van der Waals surface area (Å²) in [6.07, 6.45) is 0. The van der Waals surface area contributed by atoms with Crippen LogP contribution in [0.5, 0.6) is 0 Å². The minimum atomic E-state index is -0.790. The maximum Gasteiger partial charge on any atom is 0.294 e. The summed E-state index contributed by atoms with van der Waals surface area (Å²) in [7, 11) is 3.09. The zero-order valence-corrected chi connectivity index (χ0v) is 10.5. The predicted molar refractivity (Wildman–Crippen MR) is 65.2 cm³/mol. The number of hydrogen-bond acceptors (Lipinski definition) is 4. The molecule has 1 amide bonds. The third-order valence-electron chi connectivity index (χ3n) is 2.16. The van der Waals surface area contributed by atoms with Crippen LogP contribution in [0.1, 0.15) is 0 Å². The second-order valence-corrected chi connectivity index (χ2v) is 4.09. The molecule has 98 valence electrons. The number of carbonyl (C=O) groups excluding carboxylic acids is 1. The lowest BCUT2D eigenvalue weighted by molar-refractivity contribution is -0.384. The van der Waals surface area contributed by atoms with Crippen molar-refractivity contribution in [3.63, 3.8) is 0 Å². The Morgan fingerprint density at radius 1 is 1.56 bits per heavy atom. The van der Waals surface area contributed by atoms with E-state index in [1.165, 1.54) is 4.90 Å². The molecule has 0 heterocycles. The Hall–Kier alpha value is -1.89. The SMILES string of the molecule is CN(C)C(=O)CNc1cc(F)c(Cl)cc1[N+](=O)[O-]. The van der Waals surface area contributed by atoms with E-state index in [1.807, 2.05) is 0 Å². The van der Waals surface area contributed by atoms with Crippen molar-refractivity contribution in [2.45, 2.75) is 0 Å². The average Bonchev–Trinajstić information content (AvgIpc) is 2.29. The summed E-state index contributed by atoms with van der Waals surface area (Å²) in [5.41, 5.74) is -0.468. The molecule has 0 unspecified atom stereocenters. The quantitative estimate of drug-likeness (QED) is 0.672. The van der Waals surface area contributed by atoms with Gasteiger partial charge < -0.3 is 10.2 Å². The summed E-state index contributed by atoms with van der Waals surface area (Å²) >= 11 is 5.46. The molecule has 0 saturated heterocycles. The predicted octanol–water partition coefficient (Wildman–Crippen LogP) is 1.89.